The van der Waals surface area contributed by atoms with Gasteiger partial charge in [0, 0.05) is 36.8 Å². The number of aryl methyl sites for hydroxylation is 1. The highest BCUT2D eigenvalue weighted by molar-refractivity contribution is 5.86. The summed E-state index contributed by atoms with van der Waals surface area (Å²) in [6.07, 6.45) is 2.04. The van der Waals surface area contributed by atoms with Crippen LogP contribution >= 0.6 is 0 Å². The lowest BCUT2D eigenvalue weighted by atomic mass is 9.98. The van der Waals surface area contributed by atoms with Crippen molar-refractivity contribution in [1.82, 2.24) is 15.1 Å². The van der Waals surface area contributed by atoms with Crippen molar-refractivity contribution < 1.29 is 4.74 Å². The third-order valence-electron chi connectivity index (χ3n) is 6.10. The molecule has 5 aromatic rings. The van der Waals surface area contributed by atoms with Gasteiger partial charge in [-0.3, -0.25) is 4.68 Å². The Balaban J connectivity index is 1.41. The van der Waals surface area contributed by atoms with E-state index in [0.29, 0.717) is 0 Å². The second-order valence-electron chi connectivity index (χ2n) is 8.28. The molecule has 1 aromatic heterocycles. The van der Waals surface area contributed by atoms with Gasteiger partial charge in [0.1, 0.15) is 5.75 Å². The Morgan fingerprint density at radius 1 is 0.938 bits per heavy atom. The minimum Gasteiger partial charge on any atom is -0.496 e. The predicted octanol–water partition coefficient (Wildman–Crippen LogP) is 6.25. The van der Waals surface area contributed by atoms with E-state index in [-0.39, 0.29) is 6.04 Å². The van der Waals surface area contributed by atoms with E-state index in [1.54, 1.807) is 7.11 Å². The van der Waals surface area contributed by atoms with Crippen LogP contribution in [0.1, 0.15) is 24.1 Å². The van der Waals surface area contributed by atoms with E-state index in [1.165, 1.54) is 21.9 Å². The standard InChI is InChI=1S/C28H27N3O/c1-19(24-10-6-8-21-7-4-5-9-25(21)24)29-17-20-11-14-28(32-3)26(15-20)22-12-13-27-23(16-22)18-31(2)30-27/h4-16,18-19,29H,17H2,1-3H3. The summed E-state index contributed by atoms with van der Waals surface area (Å²) in [7, 11) is 3.67. The maximum atomic E-state index is 5.67. The highest BCUT2D eigenvalue weighted by atomic mass is 16.5. The van der Waals surface area contributed by atoms with Gasteiger partial charge in [-0.15, -0.1) is 0 Å². The zero-order chi connectivity index (χ0) is 22.1. The van der Waals surface area contributed by atoms with Crippen molar-refractivity contribution in [2.24, 2.45) is 7.05 Å². The van der Waals surface area contributed by atoms with Crippen molar-refractivity contribution in [1.29, 1.82) is 0 Å². The molecule has 0 amide bonds. The van der Waals surface area contributed by atoms with Crippen LogP contribution in [0.4, 0.5) is 0 Å². The molecule has 4 nitrogen and oxygen atoms in total. The van der Waals surface area contributed by atoms with Gasteiger partial charge in [0.25, 0.3) is 0 Å². The van der Waals surface area contributed by atoms with E-state index in [1.807, 2.05) is 17.9 Å². The predicted molar refractivity (Wildman–Crippen MR) is 132 cm³/mol. The topological polar surface area (TPSA) is 39.1 Å². The largest absolute Gasteiger partial charge is 0.496 e. The molecular formula is C28H27N3O. The van der Waals surface area contributed by atoms with Crippen LogP contribution in [0.5, 0.6) is 5.75 Å². The number of benzene rings is 4. The molecule has 0 fully saturated rings. The number of rotatable bonds is 6. The van der Waals surface area contributed by atoms with Crippen molar-refractivity contribution in [3.63, 3.8) is 0 Å². The second kappa shape index (κ2) is 8.48. The lowest BCUT2D eigenvalue weighted by molar-refractivity contribution is 0.416. The van der Waals surface area contributed by atoms with Crippen molar-refractivity contribution in [3.8, 4) is 16.9 Å². The Bertz CT molecular complexity index is 1400. The molecular weight excluding hydrogens is 394 g/mol. The summed E-state index contributed by atoms with van der Waals surface area (Å²) < 4.78 is 7.52. The van der Waals surface area contributed by atoms with Gasteiger partial charge in [-0.25, -0.2) is 0 Å². The number of hydrogen-bond donors (Lipinski definition) is 1. The second-order valence-corrected chi connectivity index (χ2v) is 8.28. The lowest BCUT2D eigenvalue weighted by Crippen LogP contribution is -2.18. The van der Waals surface area contributed by atoms with Crippen LogP contribution < -0.4 is 10.1 Å². The van der Waals surface area contributed by atoms with Gasteiger partial charge in [-0.05, 0) is 58.7 Å². The molecule has 0 aliphatic heterocycles. The van der Waals surface area contributed by atoms with E-state index < -0.39 is 0 Å². The van der Waals surface area contributed by atoms with Crippen molar-refractivity contribution >= 4 is 21.7 Å². The fraction of sp³-hybridized carbons (Fsp3) is 0.179. The SMILES string of the molecule is COc1ccc(CNC(C)c2cccc3ccccc23)cc1-c1ccc2nn(C)cc2c1. The number of nitrogens with one attached hydrogen (secondary N) is 1. The summed E-state index contributed by atoms with van der Waals surface area (Å²) in [5.74, 6) is 0.874. The molecule has 0 aliphatic rings. The number of methoxy groups -OCH3 is 1. The fourth-order valence-corrected chi connectivity index (χ4v) is 4.42. The first-order valence-electron chi connectivity index (χ1n) is 10.9. The van der Waals surface area contributed by atoms with Crippen LogP contribution in [0.3, 0.4) is 0 Å². The van der Waals surface area contributed by atoms with Crippen LogP contribution in [0.2, 0.25) is 0 Å². The van der Waals surface area contributed by atoms with E-state index >= 15 is 0 Å². The average Bonchev–Trinajstić information content (AvgIpc) is 3.21. The Morgan fingerprint density at radius 3 is 2.66 bits per heavy atom. The molecule has 160 valence electrons. The molecule has 0 saturated carbocycles. The molecule has 32 heavy (non-hydrogen) atoms. The van der Waals surface area contributed by atoms with E-state index in [9.17, 15) is 0 Å². The summed E-state index contributed by atoms with van der Waals surface area (Å²) in [4.78, 5) is 0. The molecule has 4 aromatic carbocycles. The van der Waals surface area contributed by atoms with Gasteiger partial charge in [0.2, 0.25) is 0 Å². The first-order chi connectivity index (χ1) is 15.6. The van der Waals surface area contributed by atoms with Gasteiger partial charge in [-0.1, -0.05) is 54.6 Å². The van der Waals surface area contributed by atoms with Gasteiger partial charge >= 0.3 is 0 Å². The van der Waals surface area contributed by atoms with Crippen molar-refractivity contribution in [3.05, 3.63) is 96.2 Å². The third kappa shape index (κ3) is 3.85. The molecule has 4 heteroatoms. The molecule has 1 N–H and O–H groups in total. The minimum atomic E-state index is 0.235. The molecule has 0 radical (unpaired) electrons. The third-order valence-corrected chi connectivity index (χ3v) is 6.10. The maximum Gasteiger partial charge on any atom is 0.126 e. The summed E-state index contributed by atoms with van der Waals surface area (Å²) in [5, 5.41) is 11.9. The zero-order valence-electron chi connectivity index (χ0n) is 18.7. The molecule has 0 aliphatic carbocycles. The van der Waals surface area contributed by atoms with Gasteiger partial charge in [0.15, 0.2) is 0 Å². The molecule has 1 unspecified atom stereocenters. The summed E-state index contributed by atoms with van der Waals surface area (Å²) in [6.45, 7) is 3.00. The van der Waals surface area contributed by atoms with E-state index in [2.05, 4.69) is 96.2 Å². The first-order valence-corrected chi connectivity index (χ1v) is 10.9. The number of fused-ring (bicyclic) bond motifs is 2. The molecule has 0 spiro atoms. The minimum absolute atomic E-state index is 0.235. The fourth-order valence-electron chi connectivity index (χ4n) is 4.42. The van der Waals surface area contributed by atoms with E-state index in [4.69, 9.17) is 4.74 Å². The van der Waals surface area contributed by atoms with Gasteiger partial charge in [-0.2, -0.15) is 5.10 Å². The van der Waals surface area contributed by atoms with E-state index in [0.717, 1.165) is 34.3 Å². The molecule has 0 bridgehead atoms. The highest BCUT2D eigenvalue weighted by Crippen LogP contribution is 2.33. The molecule has 5 rings (SSSR count). The normalized spacial score (nSPS) is 12.3. The van der Waals surface area contributed by atoms with Crippen LogP contribution in [-0.4, -0.2) is 16.9 Å². The lowest BCUT2D eigenvalue weighted by Gasteiger charge is -2.18. The molecule has 1 heterocycles. The maximum absolute atomic E-state index is 5.67. The molecule has 1 atom stereocenters. The van der Waals surface area contributed by atoms with Crippen LogP contribution in [-0.2, 0) is 13.6 Å². The summed E-state index contributed by atoms with van der Waals surface area (Å²) in [6, 6.07) is 28.1. The Hall–Kier alpha value is -3.63. The number of aromatic nitrogens is 2. The van der Waals surface area contributed by atoms with Crippen LogP contribution in [0.15, 0.2) is 85.1 Å². The monoisotopic (exact) mass is 421 g/mol. The van der Waals surface area contributed by atoms with Crippen LogP contribution in [0.25, 0.3) is 32.8 Å². The van der Waals surface area contributed by atoms with Gasteiger partial charge < -0.3 is 10.1 Å². The number of ether oxygens (including phenoxy) is 1. The average molecular weight is 422 g/mol. The quantitative estimate of drug-likeness (QED) is 0.352. The summed E-state index contributed by atoms with van der Waals surface area (Å²) in [5.41, 5.74) is 5.76. The Labute approximate surface area is 188 Å². The molecule has 0 saturated heterocycles. The first kappa shape index (κ1) is 20.3. The number of nitrogens with zero attached hydrogens (tertiary/aromatic N) is 2. The number of hydrogen-bond acceptors (Lipinski definition) is 3. The smallest absolute Gasteiger partial charge is 0.126 e. The van der Waals surface area contributed by atoms with Crippen molar-refractivity contribution in [2.45, 2.75) is 19.5 Å². The zero-order valence-corrected chi connectivity index (χ0v) is 18.7. The Kier molecular flexibility index (Phi) is 5.38. The summed E-state index contributed by atoms with van der Waals surface area (Å²) >= 11 is 0. The Morgan fingerprint density at radius 2 is 1.78 bits per heavy atom. The van der Waals surface area contributed by atoms with Crippen molar-refractivity contribution in [2.75, 3.05) is 7.11 Å². The van der Waals surface area contributed by atoms with Gasteiger partial charge in [0.05, 0.1) is 12.6 Å². The van der Waals surface area contributed by atoms with Crippen LogP contribution in [0, 0.1) is 0 Å². The highest BCUT2D eigenvalue weighted by Gasteiger charge is 2.12.